The van der Waals surface area contributed by atoms with E-state index in [-0.39, 0.29) is 12.5 Å². The van der Waals surface area contributed by atoms with Crippen molar-refractivity contribution in [3.8, 4) is 10.8 Å². The molecule has 0 aliphatic rings. The number of para-hydroxylation sites is 2. The van der Waals surface area contributed by atoms with Gasteiger partial charge in [-0.1, -0.05) is 12.1 Å². The van der Waals surface area contributed by atoms with Crippen molar-refractivity contribution in [3.05, 3.63) is 59.6 Å². The number of imidazole rings is 1. The average Bonchev–Trinajstić information content (AvgIpc) is 3.34. The Morgan fingerprint density at radius 1 is 1.28 bits per heavy atom. The number of nitrogens with one attached hydrogen (secondary N) is 1. The largest absolute Gasteiger partial charge is 0.462 e. The Balaban J connectivity index is 1.42. The first kappa shape index (κ1) is 15.6. The Kier molecular flexibility index (Phi) is 4.07. The Labute approximate surface area is 148 Å². The molecule has 1 aromatic carbocycles. The van der Waals surface area contributed by atoms with Gasteiger partial charge < -0.3 is 14.3 Å². The predicted octanol–water partition coefficient (Wildman–Crippen LogP) is 3.38. The molecular formula is C18H16N4O2S. The van der Waals surface area contributed by atoms with Crippen LogP contribution in [-0.4, -0.2) is 20.4 Å². The van der Waals surface area contributed by atoms with Gasteiger partial charge in [0, 0.05) is 4.88 Å². The zero-order valence-electron chi connectivity index (χ0n) is 13.6. The number of amides is 1. The summed E-state index contributed by atoms with van der Waals surface area (Å²) in [5, 5.41) is 3.78. The molecule has 3 aromatic heterocycles. The lowest BCUT2D eigenvalue weighted by Crippen LogP contribution is -2.26. The van der Waals surface area contributed by atoms with E-state index in [1.54, 1.807) is 12.6 Å². The van der Waals surface area contributed by atoms with Crippen molar-refractivity contribution in [2.24, 2.45) is 0 Å². The molecule has 0 aliphatic carbocycles. The van der Waals surface area contributed by atoms with Gasteiger partial charge in [0.25, 0.3) is 0 Å². The van der Waals surface area contributed by atoms with Crippen LogP contribution in [0.2, 0.25) is 0 Å². The summed E-state index contributed by atoms with van der Waals surface area (Å²) in [6.07, 6.45) is 3.32. The average molecular weight is 352 g/mol. The highest BCUT2D eigenvalue weighted by atomic mass is 32.1. The van der Waals surface area contributed by atoms with Gasteiger partial charge in [-0.25, -0.2) is 9.97 Å². The van der Waals surface area contributed by atoms with Crippen LogP contribution in [0.25, 0.3) is 21.8 Å². The van der Waals surface area contributed by atoms with Crippen LogP contribution in [0.4, 0.5) is 0 Å². The maximum atomic E-state index is 12.3. The van der Waals surface area contributed by atoms with Crippen LogP contribution in [0.15, 0.2) is 53.4 Å². The first-order valence-corrected chi connectivity index (χ1v) is 8.69. The summed E-state index contributed by atoms with van der Waals surface area (Å²) in [7, 11) is 0. The van der Waals surface area contributed by atoms with E-state index in [0.29, 0.717) is 6.54 Å². The van der Waals surface area contributed by atoms with Gasteiger partial charge in [0.2, 0.25) is 5.91 Å². The number of carbonyl (C=O) groups is 1. The number of nitrogens with zero attached hydrogens (tertiary/aromatic N) is 3. The Bertz CT molecular complexity index is 1020. The highest BCUT2D eigenvalue weighted by molar-refractivity contribution is 7.15. The van der Waals surface area contributed by atoms with Crippen molar-refractivity contribution in [1.82, 2.24) is 19.9 Å². The number of hydrogen-bond acceptors (Lipinski definition) is 5. The predicted molar refractivity (Wildman–Crippen MR) is 96.1 cm³/mol. The van der Waals surface area contributed by atoms with Gasteiger partial charge in [-0.15, -0.1) is 11.3 Å². The van der Waals surface area contributed by atoms with Crippen molar-refractivity contribution in [3.63, 3.8) is 0 Å². The molecule has 1 amide bonds. The van der Waals surface area contributed by atoms with Crippen LogP contribution in [0, 0.1) is 6.92 Å². The number of fused-ring (bicyclic) bond motifs is 1. The summed E-state index contributed by atoms with van der Waals surface area (Å²) in [5.41, 5.74) is 2.74. The number of furan rings is 1. The van der Waals surface area contributed by atoms with E-state index in [0.717, 1.165) is 32.4 Å². The van der Waals surface area contributed by atoms with Gasteiger partial charge >= 0.3 is 0 Å². The number of aryl methyl sites for hydroxylation is 1. The molecular weight excluding hydrogens is 336 g/mol. The lowest BCUT2D eigenvalue weighted by Gasteiger charge is -2.06. The Hall–Kier alpha value is -2.93. The topological polar surface area (TPSA) is 73.0 Å². The molecule has 0 unspecified atom stereocenters. The van der Waals surface area contributed by atoms with Crippen LogP contribution in [0.3, 0.4) is 0 Å². The number of aromatic nitrogens is 3. The summed E-state index contributed by atoms with van der Waals surface area (Å²) >= 11 is 1.53. The minimum atomic E-state index is -0.0597. The maximum absolute atomic E-state index is 12.3. The lowest BCUT2D eigenvalue weighted by atomic mass is 10.3. The second-order valence-electron chi connectivity index (χ2n) is 5.64. The minimum Gasteiger partial charge on any atom is -0.462 e. The SMILES string of the molecule is Cc1nc(-c2ccco2)sc1CNC(=O)Cn1cnc2ccccc21. The summed E-state index contributed by atoms with van der Waals surface area (Å²) in [4.78, 5) is 22.1. The van der Waals surface area contributed by atoms with Crippen LogP contribution >= 0.6 is 11.3 Å². The molecule has 0 radical (unpaired) electrons. The smallest absolute Gasteiger partial charge is 0.240 e. The number of rotatable bonds is 5. The number of thiazole rings is 1. The summed E-state index contributed by atoms with van der Waals surface area (Å²) in [6.45, 7) is 2.63. The van der Waals surface area contributed by atoms with E-state index in [1.165, 1.54) is 11.3 Å². The molecule has 0 saturated heterocycles. The molecule has 0 saturated carbocycles. The maximum Gasteiger partial charge on any atom is 0.240 e. The molecule has 126 valence electrons. The van der Waals surface area contributed by atoms with Crippen molar-refractivity contribution in [2.45, 2.75) is 20.0 Å². The van der Waals surface area contributed by atoms with Crippen LogP contribution in [0.1, 0.15) is 10.6 Å². The van der Waals surface area contributed by atoms with Gasteiger partial charge in [0.15, 0.2) is 10.8 Å². The van der Waals surface area contributed by atoms with Gasteiger partial charge in [0.05, 0.1) is 35.9 Å². The van der Waals surface area contributed by atoms with Crippen molar-refractivity contribution in [1.29, 1.82) is 0 Å². The molecule has 4 rings (SSSR count). The summed E-state index contributed by atoms with van der Waals surface area (Å²) < 4.78 is 7.22. The van der Waals surface area contributed by atoms with Crippen molar-refractivity contribution >= 4 is 28.3 Å². The molecule has 0 spiro atoms. The fourth-order valence-corrected chi connectivity index (χ4v) is 3.59. The second kappa shape index (κ2) is 6.52. The molecule has 7 heteroatoms. The minimum absolute atomic E-state index is 0.0597. The van der Waals surface area contributed by atoms with Gasteiger partial charge in [-0.3, -0.25) is 4.79 Å². The van der Waals surface area contributed by atoms with E-state index < -0.39 is 0 Å². The standard InChI is InChI=1S/C18H16N4O2S/c1-12-16(25-18(21-12)15-7-4-8-24-15)9-19-17(23)10-22-11-20-13-5-2-3-6-14(13)22/h2-8,11H,9-10H2,1H3,(H,19,23). The summed E-state index contributed by atoms with van der Waals surface area (Å²) in [6, 6.07) is 11.5. The molecule has 0 bridgehead atoms. The quantitative estimate of drug-likeness (QED) is 0.598. The van der Waals surface area contributed by atoms with Crippen LogP contribution < -0.4 is 5.32 Å². The molecule has 0 fully saturated rings. The Morgan fingerprint density at radius 3 is 3.00 bits per heavy atom. The molecule has 1 N–H and O–H groups in total. The lowest BCUT2D eigenvalue weighted by molar-refractivity contribution is -0.121. The summed E-state index contributed by atoms with van der Waals surface area (Å²) in [5.74, 6) is 0.686. The van der Waals surface area contributed by atoms with Crippen LogP contribution in [0.5, 0.6) is 0 Å². The molecule has 0 atom stereocenters. The van der Waals surface area contributed by atoms with Gasteiger partial charge in [-0.2, -0.15) is 0 Å². The van der Waals surface area contributed by atoms with E-state index in [2.05, 4.69) is 15.3 Å². The highest BCUT2D eigenvalue weighted by Crippen LogP contribution is 2.28. The van der Waals surface area contributed by atoms with Gasteiger partial charge in [-0.05, 0) is 31.2 Å². The first-order chi connectivity index (χ1) is 12.2. The third-order valence-corrected chi connectivity index (χ3v) is 5.08. The number of hydrogen-bond donors (Lipinski definition) is 1. The fraction of sp³-hybridized carbons (Fsp3) is 0.167. The Morgan fingerprint density at radius 2 is 2.16 bits per heavy atom. The zero-order chi connectivity index (χ0) is 17.2. The molecule has 4 aromatic rings. The molecule has 0 aliphatic heterocycles. The van der Waals surface area contributed by atoms with Crippen molar-refractivity contribution < 1.29 is 9.21 Å². The van der Waals surface area contributed by atoms with E-state index in [9.17, 15) is 4.79 Å². The van der Waals surface area contributed by atoms with E-state index in [4.69, 9.17) is 4.42 Å². The number of benzene rings is 1. The monoisotopic (exact) mass is 352 g/mol. The van der Waals surface area contributed by atoms with E-state index >= 15 is 0 Å². The van der Waals surface area contributed by atoms with E-state index in [1.807, 2.05) is 47.9 Å². The molecule has 3 heterocycles. The molecule has 25 heavy (non-hydrogen) atoms. The zero-order valence-corrected chi connectivity index (χ0v) is 14.4. The molecule has 6 nitrogen and oxygen atoms in total. The normalized spacial score (nSPS) is 11.1. The third-order valence-electron chi connectivity index (χ3n) is 3.91. The van der Waals surface area contributed by atoms with Crippen LogP contribution in [-0.2, 0) is 17.9 Å². The fourth-order valence-electron chi connectivity index (χ4n) is 2.62. The van der Waals surface area contributed by atoms with Crippen molar-refractivity contribution in [2.75, 3.05) is 0 Å². The van der Waals surface area contributed by atoms with Gasteiger partial charge in [0.1, 0.15) is 6.54 Å². The number of carbonyl (C=O) groups excluding carboxylic acids is 1. The second-order valence-corrected chi connectivity index (χ2v) is 6.73. The first-order valence-electron chi connectivity index (χ1n) is 7.87. The highest BCUT2D eigenvalue weighted by Gasteiger charge is 2.13. The third kappa shape index (κ3) is 3.18.